The van der Waals surface area contributed by atoms with Crippen LogP contribution in [0.15, 0.2) is 18.2 Å². The first-order valence-electron chi connectivity index (χ1n) is 6.72. The summed E-state index contributed by atoms with van der Waals surface area (Å²) in [5.41, 5.74) is 1.45. The Morgan fingerprint density at radius 1 is 1.32 bits per heavy atom. The van der Waals surface area contributed by atoms with Crippen LogP contribution in [0.3, 0.4) is 0 Å². The van der Waals surface area contributed by atoms with Gasteiger partial charge >= 0.3 is 5.97 Å². The molecule has 1 saturated carbocycles. The molecule has 0 bridgehead atoms. The van der Waals surface area contributed by atoms with Gasteiger partial charge in [-0.3, -0.25) is 0 Å². The molecule has 0 heterocycles. The van der Waals surface area contributed by atoms with Crippen LogP contribution in [0, 0.1) is 0 Å². The zero-order valence-corrected chi connectivity index (χ0v) is 11.1. The van der Waals surface area contributed by atoms with Crippen molar-refractivity contribution in [1.29, 1.82) is 0 Å². The largest absolute Gasteiger partial charge is 0.496 e. The van der Waals surface area contributed by atoms with Crippen molar-refractivity contribution in [2.24, 2.45) is 0 Å². The summed E-state index contributed by atoms with van der Waals surface area (Å²) in [4.78, 5) is 10.9. The monoisotopic (exact) mass is 264 g/mol. The van der Waals surface area contributed by atoms with E-state index in [4.69, 9.17) is 9.84 Å². The van der Waals surface area contributed by atoms with E-state index in [1.54, 1.807) is 25.3 Å². The van der Waals surface area contributed by atoms with Crippen LogP contribution in [-0.2, 0) is 4.79 Å². The van der Waals surface area contributed by atoms with Gasteiger partial charge in [0.2, 0.25) is 0 Å². The molecule has 4 heteroatoms. The van der Waals surface area contributed by atoms with Gasteiger partial charge in [-0.25, -0.2) is 4.79 Å². The maximum absolute atomic E-state index is 10.9. The van der Waals surface area contributed by atoms with Gasteiger partial charge in [-0.15, -0.1) is 0 Å². The van der Waals surface area contributed by atoms with E-state index in [0.29, 0.717) is 11.5 Å². The topological polar surface area (TPSA) is 66.8 Å². The number of methoxy groups -OCH3 is 1. The van der Waals surface area contributed by atoms with Crippen LogP contribution in [0.1, 0.15) is 55.3 Å². The molecule has 1 aromatic rings. The van der Waals surface area contributed by atoms with Crippen molar-refractivity contribution in [3.8, 4) is 5.75 Å². The molecule has 0 radical (unpaired) electrons. The van der Waals surface area contributed by atoms with Gasteiger partial charge in [0, 0.05) is 0 Å². The van der Waals surface area contributed by atoms with E-state index in [2.05, 4.69) is 0 Å². The van der Waals surface area contributed by atoms with Crippen LogP contribution < -0.4 is 4.74 Å². The van der Waals surface area contributed by atoms with Gasteiger partial charge in [-0.05, 0) is 42.0 Å². The average Bonchev–Trinajstić information content (AvgIpc) is 2.46. The van der Waals surface area contributed by atoms with Crippen LogP contribution in [-0.4, -0.2) is 23.3 Å². The van der Waals surface area contributed by atoms with Gasteiger partial charge < -0.3 is 14.9 Å². The second-order valence-corrected chi connectivity index (χ2v) is 5.08. The number of hydrogen-bond acceptors (Lipinski definition) is 3. The lowest BCUT2D eigenvalue weighted by Crippen LogP contribution is -2.12. The highest BCUT2D eigenvalue weighted by atomic mass is 16.5. The number of carboxylic acids is 1. The van der Waals surface area contributed by atoms with Gasteiger partial charge in [0.25, 0.3) is 0 Å². The molecule has 0 aromatic heterocycles. The Bertz CT molecular complexity index is 449. The fourth-order valence-electron chi connectivity index (χ4n) is 2.80. The molecule has 1 aliphatic rings. The van der Waals surface area contributed by atoms with E-state index in [0.717, 1.165) is 24.2 Å². The number of benzene rings is 1. The predicted molar refractivity (Wildman–Crippen MR) is 71.4 cm³/mol. The highest BCUT2D eigenvalue weighted by Crippen LogP contribution is 2.38. The van der Waals surface area contributed by atoms with Crippen molar-refractivity contribution in [3.05, 3.63) is 29.3 Å². The fourth-order valence-corrected chi connectivity index (χ4v) is 2.80. The summed E-state index contributed by atoms with van der Waals surface area (Å²) in [6, 6.07) is 5.16. The van der Waals surface area contributed by atoms with Gasteiger partial charge in [0.05, 0.1) is 7.11 Å². The predicted octanol–water partition coefficient (Wildman–Crippen LogP) is 2.86. The van der Waals surface area contributed by atoms with Crippen molar-refractivity contribution < 1.29 is 19.7 Å². The first kappa shape index (κ1) is 13.9. The molecule has 1 aliphatic carbocycles. The standard InChI is InChI=1S/C15H20O4/c1-19-13-8-7-11(14(16)15(17)18)9-12(13)10-5-3-2-4-6-10/h7-10,14,16H,2-6H2,1H3,(H,17,18). The molecular weight excluding hydrogens is 244 g/mol. The van der Waals surface area contributed by atoms with Gasteiger partial charge in [-0.1, -0.05) is 25.3 Å². The molecule has 2 rings (SSSR count). The second-order valence-electron chi connectivity index (χ2n) is 5.08. The van der Waals surface area contributed by atoms with Gasteiger partial charge in [-0.2, -0.15) is 0 Å². The summed E-state index contributed by atoms with van der Waals surface area (Å²) in [7, 11) is 1.62. The minimum Gasteiger partial charge on any atom is -0.496 e. The molecule has 1 aromatic carbocycles. The Labute approximate surface area is 113 Å². The minimum absolute atomic E-state index is 0.407. The first-order chi connectivity index (χ1) is 9.13. The fraction of sp³-hybridized carbons (Fsp3) is 0.533. The number of hydrogen-bond donors (Lipinski definition) is 2. The summed E-state index contributed by atoms with van der Waals surface area (Å²) < 4.78 is 5.36. The third-order valence-electron chi connectivity index (χ3n) is 3.85. The van der Waals surface area contributed by atoms with Crippen LogP contribution in [0.4, 0.5) is 0 Å². The van der Waals surface area contributed by atoms with Crippen molar-refractivity contribution in [2.45, 2.75) is 44.1 Å². The Morgan fingerprint density at radius 3 is 2.58 bits per heavy atom. The average molecular weight is 264 g/mol. The van der Waals surface area contributed by atoms with Crippen LogP contribution in [0.25, 0.3) is 0 Å². The maximum Gasteiger partial charge on any atom is 0.337 e. The van der Waals surface area contributed by atoms with Crippen molar-refractivity contribution in [3.63, 3.8) is 0 Å². The van der Waals surface area contributed by atoms with Crippen LogP contribution >= 0.6 is 0 Å². The number of aliphatic carboxylic acids is 1. The van der Waals surface area contributed by atoms with E-state index in [9.17, 15) is 9.90 Å². The summed E-state index contributed by atoms with van der Waals surface area (Å²) in [5.74, 6) is -0.0300. The molecule has 19 heavy (non-hydrogen) atoms. The third-order valence-corrected chi connectivity index (χ3v) is 3.85. The molecule has 1 unspecified atom stereocenters. The van der Waals surface area contributed by atoms with Crippen LogP contribution in [0.5, 0.6) is 5.75 Å². The van der Waals surface area contributed by atoms with Crippen LogP contribution in [0.2, 0.25) is 0 Å². The first-order valence-corrected chi connectivity index (χ1v) is 6.72. The van der Waals surface area contributed by atoms with E-state index >= 15 is 0 Å². The Balaban J connectivity index is 2.32. The quantitative estimate of drug-likeness (QED) is 0.877. The van der Waals surface area contributed by atoms with Gasteiger partial charge in [0.15, 0.2) is 6.10 Å². The molecule has 4 nitrogen and oxygen atoms in total. The zero-order valence-electron chi connectivity index (χ0n) is 11.1. The molecule has 0 saturated heterocycles. The molecule has 0 amide bonds. The summed E-state index contributed by atoms with van der Waals surface area (Å²) in [6.45, 7) is 0. The Kier molecular flexibility index (Phi) is 4.43. The van der Waals surface area contributed by atoms with Crippen molar-refractivity contribution in [1.82, 2.24) is 0 Å². The van der Waals surface area contributed by atoms with Crippen molar-refractivity contribution in [2.75, 3.05) is 7.11 Å². The normalized spacial score (nSPS) is 18.0. The Hall–Kier alpha value is -1.55. The number of rotatable bonds is 4. The molecule has 104 valence electrons. The van der Waals surface area contributed by atoms with E-state index in [-0.39, 0.29) is 0 Å². The van der Waals surface area contributed by atoms with Gasteiger partial charge in [0.1, 0.15) is 5.75 Å². The third kappa shape index (κ3) is 3.07. The molecule has 1 atom stereocenters. The van der Waals surface area contributed by atoms with Crippen molar-refractivity contribution >= 4 is 5.97 Å². The maximum atomic E-state index is 10.9. The summed E-state index contributed by atoms with van der Waals surface area (Å²) in [6.07, 6.45) is 4.38. The van der Waals surface area contributed by atoms with E-state index in [1.165, 1.54) is 19.3 Å². The summed E-state index contributed by atoms with van der Waals surface area (Å²) >= 11 is 0. The second kappa shape index (κ2) is 6.06. The highest BCUT2D eigenvalue weighted by Gasteiger charge is 2.22. The summed E-state index contributed by atoms with van der Waals surface area (Å²) in [5, 5.41) is 18.5. The molecular formula is C15H20O4. The number of carboxylic acid groups (broad SMARTS) is 1. The SMILES string of the molecule is COc1ccc(C(O)C(=O)O)cc1C1CCCCC1. The number of ether oxygens (including phenoxy) is 1. The Morgan fingerprint density at radius 2 is 2.00 bits per heavy atom. The lowest BCUT2D eigenvalue weighted by Gasteiger charge is -2.24. The smallest absolute Gasteiger partial charge is 0.337 e. The molecule has 1 fully saturated rings. The molecule has 0 spiro atoms. The molecule has 0 aliphatic heterocycles. The number of aliphatic hydroxyl groups excluding tert-OH is 1. The van der Waals surface area contributed by atoms with E-state index < -0.39 is 12.1 Å². The zero-order chi connectivity index (χ0) is 13.8. The number of aliphatic hydroxyl groups is 1. The lowest BCUT2D eigenvalue weighted by atomic mass is 9.83. The van der Waals surface area contributed by atoms with E-state index in [1.807, 2.05) is 0 Å². The minimum atomic E-state index is -1.46. The lowest BCUT2D eigenvalue weighted by molar-refractivity contribution is -0.146. The highest BCUT2D eigenvalue weighted by molar-refractivity contribution is 5.74. The number of carbonyl (C=O) groups is 1. The molecule has 2 N–H and O–H groups in total.